The maximum Gasteiger partial charge on any atom is 0.276 e. The van der Waals surface area contributed by atoms with Crippen molar-refractivity contribution < 1.29 is 18.4 Å². The zero-order valence-electron chi connectivity index (χ0n) is 16.7. The fourth-order valence-electron chi connectivity index (χ4n) is 4.18. The summed E-state index contributed by atoms with van der Waals surface area (Å²) in [5.74, 6) is -3.41. The van der Waals surface area contributed by atoms with E-state index in [2.05, 4.69) is 10.3 Å². The number of halogens is 2. The van der Waals surface area contributed by atoms with Gasteiger partial charge in [0, 0.05) is 25.9 Å². The van der Waals surface area contributed by atoms with Gasteiger partial charge in [0.1, 0.15) is 0 Å². The minimum Gasteiger partial charge on any atom is -0.337 e. The van der Waals surface area contributed by atoms with E-state index in [-0.39, 0.29) is 30.5 Å². The number of likely N-dealkylation sites (tertiary alicyclic amines) is 2. The highest BCUT2D eigenvalue weighted by atomic mass is 19.3. The number of amides is 2. The van der Waals surface area contributed by atoms with Gasteiger partial charge < -0.3 is 9.80 Å². The van der Waals surface area contributed by atoms with Crippen molar-refractivity contribution in [3.63, 3.8) is 0 Å². The van der Waals surface area contributed by atoms with Crippen LogP contribution >= 0.6 is 0 Å². The Labute approximate surface area is 173 Å². The van der Waals surface area contributed by atoms with E-state index in [9.17, 15) is 18.4 Å². The minimum atomic E-state index is -2.93. The molecule has 0 radical (unpaired) electrons. The number of carbonyl (C=O) groups excluding carboxylic acids is 2. The summed E-state index contributed by atoms with van der Waals surface area (Å²) in [7, 11) is 0. The molecule has 0 saturated carbocycles. The predicted molar refractivity (Wildman–Crippen MR) is 105 cm³/mol. The van der Waals surface area contributed by atoms with Crippen molar-refractivity contribution in [1.82, 2.24) is 24.8 Å². The second-order valence-electron chi connectivity index (χ2n) is 8.05. The lowest BCUT2D eigenvalue weighted by Gasteiger charge is -2.23. The molecule has 2 aliphatic rings. The van der Waals surface area contributed by atoms with E-state index in [1.807, 2.05) is 30.3 Å². The molecule has 0 spiro atoms. The van der Waals surface area contributed by atoms with Gasteiger partial charge in [-0.15, -0.1) is 5.10 Å². The summed E-state index contributed by atoms with van der Waals surface area (Å²) in [6, 6.07) is 8.81. The maximum atomic E-state index is 14.1. The largest absolute Gasteiger partial charge is 0.337 e. The van der Waals surface area contributed by atoms with Gasteiger partial charge in [0.25, 0.3) is 11.8 Å². The van der Waals surface area contributed by atoms with Crippen LogP contribution in [0.4, 0.5) is 8.78 Å². The van der Waals surface area contributed by atoms with Crippen LogP contribution in [0.25, 0.3) is 0 Å². The molecule has 2 aromatic rings. The lowest BCUT2D eigenvalue weighted by atomic mass is 10.1. The second kappa shape index (κ2) is 8.49. The molecule has 0 N–H and O–H groups in total. The van der Waals surface area contributed by atoms with Crippen molar-refractivity contribution in [2.75, 3.05) is 19.6 Å². The number of aryl methyl sites for hydroxylation is 1. The average Bonchev–Trinajstić information content (AvgIpc) is 3.47. The number of rotatable bonds is 6. The van der Waals surface area contributed by atoms with Gasteiger partial charge in [-0.25, -0.2) is 13.5 Å². The van der Waals surface area contributed by atoms with Crippen molar-refractivity contribution in [3.05, 3.63) is 47.8 Å². The fourth-order valence-corrected chi connectivity index (χ4v) is 4.18. The number of aromatic nitrogens is 3. The molecule has 30 heavy (non-hydrogen) atoms. The van der Waals surface area contributed by atoms with Crippen molar-refractivity contribution >= 4 is 11.8 Å². The number of carbonyl (C=O) groups is 2. The number of benzene rings is 1. The Balaban J connectivity index is 1.40. The molecule has 7 nitrogen and oxygen atoms in total. The summed E-state index contributed by atoms with van der Waals surface area (Å²) in [4.78, 5) is 28.1. The smallest absolute Gasteiger partial charge is 0.276 e. The average molecular weight is 417 g/mol. The molecule has 1 aromatic heterocycles. The van der Waals surface area contributed by atoms with Crippen LogP contribution in [0.1, 0.15) is 41.7 Å². The quantitative estimate of drug-likeness (QED) is 0.724. The molecule has 0 aliphatic carbocycles. The molecule has 2 amide bonds. The van der Waals surface area contributed by atoms with E-state index < -0.39 is 24.9 Å². The van der Waals surface area contributed by atoms with Crippen LogP contribution in [0.15, 0.2) is 36.5 Å². The summed E-state index contributed by atoms with van der Waals surface area (Å²) in [5, 5.41) is 7.86. The molecule has 4 rings (SSSR count). The molecule has 2 fully saturated rings. The Morgan fingerprint density at radius 1 is 1.13 bits per heavy atom. The van der Waals surface area contributed by atoms with E-state index in [4.69, 9.17) is 0 Å². The maximum absolute atomic E-state index is 14.1. The third-order valence-electron chi connectivity index (χ3n) is 5.72. The molecule has 0 bridgehead atoms. The number of hydrogen-bond acceptors (Lipinski definition) is 4. The Bertz CT molecular complexity index is 896. The van der Waals surface area contributed by atoms with E-state index in [0.717, 1.165) is 18.4 Å². The Kier molecular flexibility index (Phi) is 5.78. The van der Waals surface area contributed by atoms with Gasteiger partial charge in [-0.3, -0.25) is 9.59 Å². The van der Waals surface area contributed by atoms with E-state index in [0.29, 0.717) is 19.5 Å². The highest BCUT2D eigenvalue weighted by Gasteiger charge is 2.46. The third-order valence-corrected chi connectivity index (χ3v) is 5.72. The molecular weight excluding hydrogens is 392 g/mol. The summed E-state index contributed by atoms with van der Waals surface area (Å²) in [5.41, 5.74) is 1.21. The highest BCUT2D eigenvalue weighted by Crippen LogP contribution is 2.33. The molecule has 9 heteroatoms. The van der Waals surface area contributed by atoms with Crippen molar-refractivity contribution in [2.45, 2.75) is 50.6 Å². The minimum absolute atomic E-state index is 0.0902. The van der Waals surface area contributed by atoms with Gasteiger partial charge in [-0.1, -0.05) is 35.5 Å². The molecule has 2 saturated heterocycles. The monoisotopic (exact) mass is 417 g/mol. The summed E-state index contributed by atoms with van der Waals surface area (Å²) in [6.45, 7) is 0.904. The van der Waals surface area contributed by atoms with Gasteiger partial charge in [0.2, 0.25) is 5.91 Å². The molecule has 1 aromatic carbocycles. The van der Waals surface area contributed by atoms with Gasteiger partial charge >= 0.3 is 0 Å². The second-order valence-corrected chi connectivity index (χ2v) is 8.05. The third kappa shape index (κ3) is 4.66. The summed E-state index contributed by atoms with van der Waals surface area (Å²) >= 11 is 0. The first kappa shape index (κ1) is 20.4. The topological polar surface area (TPSA) is 71.3 Å². The Morgan fingerprint density at radius 3 is 2.60 bits per heavy atom. The summed E-state index contributed by atoms with van der Waals surface area (Å²) in [6.07, 6.45) is 3.69. The van der Waals surface area contributed by atoms with Crippen LogP contribution in [0.5, 0.6) is 0 Å². The van der Waals surface area contributed by atoms with Gasteiger partial charge in [0.05, 0.1) is 25.3 Å². The molecule has 0 unspecified atom stereocenters. The normalized spacial score (nSPS) is 20.7. The zero-order chi connectivity index (χ0) is 21.1. The van der Waals surface area contributed by atoms with Gasteiger partial charge in [-0.05, 0) is 24.8 Å². The molecule has 1 atom stereocenters. The first-order valence-electron chi connectivity index (χ1n) is 10.3. The number of nitrogens with zero attached hydrogens (tertiary/aromatic N) is 5. The molecular formula is C21H25F2N5O2. The lowest BCUT2D eigenvalue weighted by Crippen LogP contribution is -2.39. The number of hydrogen-bond donors (Lipinski definition) is 0. The molecule has 3 heterocycles. The van der Waals surface area contributed by atoms with E-state index >= 15 is 0 Å². The SMILES string of the molecule is O=C(c1cn(C[C@@H]2CC(F)(F)CN2C(=O)CCc2ccccc2)nn1)N1CCCC1. The van der Waals surface area contributed by atoms with Gasteiger partial charge in [0.15, 0.2) is 5.69 Å². The first-order valence-corrected chi connectivity index (χ1v) is 10.3. The van der Waals surface area contributed by atoms with Crippen LogP contribution in [-0.2, 0) is 17.8 Å². The first-order chi connectivity index (χ1) is 14.4. The fraction of sp³-hybridized carbons (Fsp3) is 0.524. The predicted octanol–water partition coefficient (Wildman–Crippen LogP) is 2.38. The zero-order valence-corrected chi connectivity index (χ0v) is 16.7. The molecule has 2 aliphatic heterocycles. The van der Waals surface area contributed by atoms with Crippen LogP contribution < -0.4 is 0 Å². The van der Waals surface area contributed by atoms with Gasteiger partial charge in [-0.2, -0.15) is 0 Å². The van der Waals surface area contributed by atoms with Crippen LogP contribution in [0.2, 0.25) is 0 Å². The van der Waals surface area contributed by atoms with Crippen LogP contribution in [0, 0.1) is 0 Å². The van der Waals surface area contributed by atoms with E-state index in [1.165, 1.54) is 15.8 Å². The van der Waals surface area contributed by atoms with Crippen LogP contribution in [-0.4, -0.2) is 68.2 Å². The number of alkyl halides is 2. The molecule has 160 valence electrons. The summed E-state index contributed by atoms with van der Waals surface area (Å²) < 4.78 is 29.6. The highest BCUT2D eigenvalue weighted by molar-refractivity contribution is 5.92. The van der Waals surface area contributed by atoms with E-state index in [1.54, 1.807) is 4.90 Å². The van der Waals surface area contributed by atoms with Crippen molar-refractivity contribution in [1.29, 1.82) is 0 Å². The Hall–Kier alpha value is -2.84. The standard InChI is InChI=1S/C21H25F2N5O2/c22-21(23)12-17(28(15-21)19(29)9-8-16-6-2-1-3-7-16)13-27-14-18(24-25-27)20(30)26-10-4-5-11-26/h1-3,6-7,14,17H,4-5,8-13,15H2/t17-/m0/s1. The van der Waals surface area contributed by atoms with Crippen LogP contribution in [0.3, 0.4) is 0 Å². The van der Waals surface area contributed by atoms with Crippen molar-refractivity contribution in [2.24, 2.45) is 0 Å². The Morgan fingerprint density at radius 2 is 1.87 bits per heavy atom. The van der Waals surface area contributed by atoms with Crippen molar-refractivity contribution in [3.8, 4) is 0 Å². The lowest BCUT2D eigenvalue weighted by molar-refractivity contribution is -0.133.